The van der Waals surface area contributed by atoms with Gasteiger partial charge in [0.25, 0.3) is 0 Å². The van der Waals surface area contributed by atoms with Crippen LogP contribution in [0.15, 0.2) is 0 Å². The summed E-state index contributed by atoms with van der Waals surface area (Å²) >= 11 is 0. The number of nitrogens with one attached hydrogen (secondary N) is 2. The molecule has 0 heterocycles. The Morgan fingerprint density at radius 2 is 2.06 bits per heavy atom. The summed E-state index contributed by atoms with van der Waals surface area (Å²) in [6.07, 6.45) is 2.23. The van der Waals surface area contributed by atoms with Gasteiger partial charge in [-0.1, -0.05) is 20.3 Å². The number of carbonyl (C=O) groups is 1. The van der Waals surface area contributed by atoms with Crippen molar-refractivity contribution >= 4 is 18.3 Å². The van der Waals surface area contributed by atoms with E-state index < -0.39 is 0 Å². The molecule has 16 heavy (non-hydrogen) atoms. The van der Waals surface area contributed by atoms with Gasteiger partial charge in [-0.2, -0.15) is 0 Å². The van der Waals surface area contributed by atoms with Gasteiger partial charge in [0.1, 0.15) is 0 Å². The maximum Gasteiger partial charge on any atom is 0.224 e. The van der Waals surface area contributed by atoms with Gasteiger partial charge in [-0.15, -0.1) is 12.4 Å². The lowest BCUT2D eigenvalue weighted by atomic mass is 10.1. The second kappa shape index (κ2) is 12.7. The minimum Gasteiger partial charge on any atom is -0.380 e. The van der Waals surface area contributed by atoms with Crippen LogP contribution in [-0.2, 0) is 9.53 Å². The third-order valence-electron chi connectivity index (χ3n) is 2.15. The highest BCUT2D eigenvalue weighted by molar-refractivity contribution is 5.85. The molecule has 5 heteroatoms. The largest absolute Gasteiger partial charge is 0.380 e. The van der Waals surface area contributed by atoms with Gasteiger partial charge in [-0.25, -0.2) is 0 Å². The molecule has 1 atom stereocenters. The molecule has 0 aromatic rings. The van der Waals surface area contributed by atoms with E-state index in [2.05, 4.69) is 17.6 Å². The highest BCUT2D eigenvalue weighted by atomic mass is 35.5. The topological polar surface area (TPSA) is 50.4 Å². The molecule has 0 spiro atoms. The molecule has 1 unspecified atom stereocenters. The highest BCUT2D eigenvalue weighted by Crippen LogP contribution is 1.91. The summed E-state index contributed by atoms with van der Waals surface area (Å²) in [7, 11) is 1.84. The lowest BCUT2D eigenvalue weighted by Crippen LogP contribution is -2.36. The summed E-state index contributed by atoms with van der Waals surface area (Å²) in [6.45, 7) is 6.75. The Bertz CT molecular complexity index is 168. The molecular formula is C11H25ClN2O2. The Morgan fingerprint density at radius 3 is 2.62 bits per heavy atom. The first-order valence-electron chi connectivity index (χ1n) is 5.72. The van der Waals surface area contributed by atoms with Crippen molar-refractivity contribution in [3.05, 3.63) is 0 Å². The van der Waals surface area contributed by atoms with Crippen LogP contribution in [0.1, 0.15) is 26.7 Å². The highest BCUT2D eigenvalue weighted by Gasteiger charge is 2.10. The average molecular weight is 253 g/mol. The molecule has 0 saturated carbocycles. The van der Waals surface area contributed by atoms with E-state index in [-0.39, 0.29) is 24.2 Å². The first-order chi connectivity index (χ1) is 7.22. The number of hydrogen-bond donors (Lipinski definition) is 2. The van der Waals surface area contributed by atoms with E-state index >= 15 is 0 Å². The molecule has 0 radical (unpaired) electrons. The first kappa shape index (κ1) is 18.1. The molecule has 4 nitrogen and oxygen atoms in total. The predicted octanol–water partition coefficient (Wildman–Crippen LogP) is 1.20. The van der Waals surface area contributed by atoms with Crippen molar-refractivity contribution in [2.75, 3.05) is 33.4 Å². The van der Waals surface area contributed by atoms with E-state index in [4.69, 9.17) is 4.74 Å². The van der Waals surface area contributed by atoms with Crippen LogP contribution in [0.4, 0.5) is 0 Å². The monoisotopic (exact) mass is 252 g/mol. The molecular weight excluding hydrogens is 228 g/mol. The van der Waals surface area contributed by atoms with Crippen molar-refractivity contribution < 1.29 is 9.53 Å². The summed E-state index contributed by atoms with van der Waals surface area (Å²) in [5.41, 5.74) is 0. The standard InChI is InChI=1S/C11H24N2O2.ClH/c1-4-5-7-15-8-6-13-11(14)10(2)9-12-3;/h10,12H,4-9H2,1-3H3,(H,13,14);1H. The van der Waals surface area contributed by atoms with Crippen LogP contribution in [0.25, 0.3) is 0 Å². The number of unbranched alkanes of at least 4 members (excludes halogenated alkanes) is 1. The van der Waals surface area contributed by atoms with Crippen LogP contribution in [0.2, 0.25) is 0 Å². The van der Waals surface area contributed by atoms with Gasteiger partial charge in [0, 0.05) is 25.6 Å². The number of rotatable bonds is 9. The fourth-order valence-electron chi connectivity index (χ4n) is 1.17. The van der Waals surface area contributed by atoms with E-state index in [1.807, 2.05) is 14.0 Å². The summed E-state index contributed by atoms with van der Waals surface area (Å²) < 4.78 is 5.33. The molecule has 0 aliphatic rings. The second-order valence-electron chi connectivity index (χ2n) is 3.72. The van der Waals surface area contributed by atoms with Crippen LogP contribution in [0.3, 0.4) is 0 Å². The maximum absolute atomic E-state index is 11.4. The lowest BCUT2D eigenvalue weighted by Gasteiger charge is -2.11. The Morgan fingerprint density at radius 1 is 1.38 bits per heavy atom. The lowest BCUT2D eigenvalue weighted by molar-refractivity contribution is -0.124. The zero-order chi connectivity index (χ0) is 11.5. The minimum atomic E-state index is 0. The third kappa shape index (κ3) is 10.2. The molecule has 0 aromatic heterocycles. The fourth-order valence-corrected chi connectivity index (χ4v) is 1.17. The molecule has 0 aliphatic heterocycles. The minimum absolute atomic E-state index is 0. The fraction of sp³-hybridized carbons (Fsp3) is 0.909. The SMILES string of the molecule is CCCCOCCNC(=O)C(C)CNC.Cl. The molecule has 0 saturated heterocycles. The first-order valence-corrected chi connectivity index (χ1v) is 5.72. The van der Waals surface area contributed by atoms with Gasteiger partial charge < -0.3 is 15.4 Å². The average Bonchev–Trinajstić information content (AvgIpc) is 2.23. The van der Waals surface area contributed by atoms with E-state index in [1.54, 1.807) is 0 Å². The van der Waals surface area contributed by atoms with Gasteiger partial charge in [-0.05, 0) is 13.5 Å². The van der Waals surface area contributed by atoms with E-state index in [0.29, 0.717) is 19.7 Å². The number of amides is 1. The number of hydrogen-bond acceptors (Lipinski definition) is 3. The maximum atomic E-state index is 11.4. The molecule has 0 rings (SSSR count). The molecule has 0 bridgehead atoms. The van der Waals surface area contributed by atoms with E-state index in [0.717, 1.165) is 19.4 Å². The Balaban J connectivity index is 0. The van der Waals surface area contributed by atoms with Gasteiger partial charge in [0.15, 0.2) is 0 Å². The Labute approximate surface area is 105 Å². The van der Waals surface area contributed by atoms with Gasteiger partial charge >= 0.3 is 0 Å². The molecule has 0 aliphatic carbocycles. The van der Waals surface area contributed by atoms with Crippen LogP contribution in [0, 0.1) is 5.92 Å². The van der Waals surface area contributed by atoms with Crippen LogP contribution >= 0.6 is 12.4 Å². The third-order valence-corrected chi connectivity index (χ3v) is 2.15. The zero-order valence-electron chi connectivity index (χ0n) is 10.5. The zero-order valence-corrected chi connectivity index (χ0v) is 11.4. The van der Waals surface area contributed by atoms with Crippen molar-refractivity contribution in [3.8, 4) is 0 Å². The van der Waals surface area contributed by atoms with Gasteiger partial charge in [0.05, 0.1) is 6.61 Å². The van der Waals surface area contributed by atoms with Gasteiger partial charge in [0.2, 0.25) is 5.91 Å². The molecule has 0 aromatic carbocycles. The normalized spacial score (nSPS) is 11.7. The summed E-state index contributed by atoms with van der Waals surface area (Å²) in [4.78, 5) is 11.4. The molecule has 2 N–H and O–H groups in total. The number of carbonyl (C=O) groups excluding carboxylic acids is 1. The number of halogens is 1. The summed E-state index contributed by atoms with van der Waals surface area (Å²) in [5.74, 6) is 0.106. The van der Waals surface area contributed by atoms with Crippen LogP contribution < -0.4 is 10.6 Å². The second-order valence-corrected chi connectivity index (χ2v) is 3.72. The van der Waals surface area contributed by atoms with Crippen molar-refractivity contribution in [2.45, 2.75) is 26.7 Å². The van der Waals surface area contributed by atoms with Crippen molar-refractivity contribution in [1.29, 1.82) is 0 Å². The molecule has 1 amide bonds. The summed E-state index contributed by atoms with van der Waals surface area (Å²) in [5, 5.41) is 5.81. The van der Waals surface area contributed by atoms with Crippen molar-refractivity contribution in [1.82, 2.24) is 10.6 Å². The van der Waals surface area contributed by atoms with Crippen LogP contribution in [0.5, 0.6) is 0 Å². The van der Waals surface area contributed by atoms with Crippen molar-refractivity contribution in [3.63, 3.8) is 0 Å². The Kier molecular flexibility index (Phi) is 14.4. The molecule has 0 fully saturated rings. The number of ether oxygens (including phenoxy) is 1. The van der Waals surface area contributed by atoms with Crippen molar-refractivity contribution in [2.24, 2.45) is 5.92 Å². The smallest absolute Gasteiger partial charge is 0.224 e. The van der Waals surface area contributed by atoms with E-state index in [1.165, 1.54) is 0 Å². The van der Waals surface area contributed by atoms with Crippen LogP contribution in [-0.4, -0.2) is 39.3 Å². The predicted molar refractivity (Wildman–Crippen MR) is 69.1 cm³/mol. The molecule has 98 valence electrons. The van der Waals surface area contributed by atoms with Gasteiger partial charge in [-0.3, -0.25) is 4.79 Å². The Hall–Kier alpha value is -0.320. The summed E-state index contributed by atoms with van der Waals surface area (Å²) in [6, 6.07) is 0. The quantitative estimate of drug-likeness (QED) is 0.607. The van der Waals surface area contributed by atoms with E-state index in [9.17, 15) is 4.79 Å².